The molecule has 0 aromatic heterocycles. The molecule has 2 rings (SSSR count). The fourth-order valence-corrected chi connectivity index (χ4v) is 2.60. The zero-order valence-corrected chi connectivity index (χ0v) is 11.8. The molecule has 1 aromatic rings. The van der Waals surface area contributed by atoms with Crippen molar-refractivity contribution in [2.24, 2.45) is 5.73 Å². The number of carbonyl (C=O) groups is 1. The molecule has 3 N–H and O–H groups in total. The van der Waals surface area contributed by atoms with E-state index in [1.54, 1.807) is 0 Å². The van der Waals surface area contributed by atoms with Crippen LogP contribution in [0.4, 0.5) is 5.69 Å². The molecule has 0 bridgehead atoms. The predicted octanol–water partition coefficient (Wildman–Crippen LogP) is 1.96. The Kier molecular flexibility index (Phi) is 4.22. The van der Waals surface area contributed by atoms with Crippen molar-refractivity contribution in [3.8, 4) is 0 Å². The van der Waals surface area contributed by atoms with Crippen LogP contribution in [-0.2, 0) is 11.3 Å². The van der Waals surface area contributed by atoms with Gasteiger partial charge in [0, 0.05) is 12.2 Å². The van der Waals surface area contributed by atoms with Gasteiger partial charge in [0.1, 0.15) is 0 Å². The Balaban J connectivity index is 2.12. The molecule has 1 aromatic carbocycles. The van der Waals surface area contributed by atoms with Crippen LogP contribution in [0.3, 0.4) is 0 Å². The van der Waals surface area contributed by atoms with Crippen molar-refractivity contribution in [1.82, 2.24) is 4.90 Å². The van der Waals surface area contributed by atoms with Crippen LogP contribution in [0, 0.1) is 0 Å². The van der Waals surface area contributed by atoms with Crippen LogP contribution >= 0.6 is 0 Å². The van der Waals surface area contributed by atoms with Gasteiger partial charge in [0.15, 0.2) is 0 Å². The van der Waals surface area contributed by atoms with Crippen molar-refractivity contribution in [2.75, 3.05) is 19.4 Å². The van der Waals surface area contributed by atoms with Crippen LogP contribution in [-0.4, -0.2) is 30.4 Å². The van der Waals surface area contributed by atoms with Crippen LogP contribution in [0.1, 0.15) is 31.2 Å². The first kappa shape index (κ1) is 14.0. The molecule has 1 amide bonds. The van der Waals surface area contributed by atoms with Gasteiger partial charge in [0.25, 0.3) is 0 Å². The Hall–Kier alpha value is -1.39. The van der Waals surface area contributed by atoms with Crippen molar-refractivity contribution >= 4 is 11.6 Å². The molecule has 0 radical (unpaired) electrons. The molecule has 4 nitrogen and oxygen atoms in total. The van der Waals surface area contributed by atoms with Crippen LogP contribution in [0.5, 0.6) is 0 Å². The van der Waals surface area contributed by atoms with Gasteiger partial charge in [-0.1, -0.05) is 31.0 Å². The second-order valence-electron chi connectivity index (χ2n) is 5.71. The summed E-state index contributed by atoms with van der Waals surface area (Å²) < 4.78 is 0. The number of amides is 1. The Labute approximate surface area is 115 Å². The van der Waals surface area contributed by atoms with Gasteiger partial charge in [-0.3, -0.25) is 4.79 Å². The van der Waals surface area contributed by atoms with E-state index in [-0.39, 0.29) is 5.91 Å². The Morgan fingerprint density at radius 1 is 1.32 bits per heavy atom. The van der Waals surface area contributed by atoms with E-state index in [1.807, 2.05) is 38.4 Å². The first-order chi connectivity index (χ1) is 9.01. The highest BCUT2D eigenvalue weighted by atomic mass is 16.2. The van der Waals surface area contributed by atoms with Crippen LogP contribution in [0.2, 0.25) is 0 Å². The lowest BCUT2D eigenvalue weighted by Crippen LogP contribution is -2.48. The summed E-state index contributed by atoms with van der Waals surface area (Å²) >= 11 is 0. The van der Waals surface area contributed by atoms with Gasteiger partial charge < -0.3 is 16.0 Å². The molecule has 0 aliphatic heterocycles. The van der Waals surface area contributed by atoms with E-state index in [0.717, 1.165) is 43.5 Å². The van der Waals surface area contributed by atoms with Gasteiger partial charge in [0.05, 0.1) is 5.54 Å². The van der Waals surface area contributed by atoms with Gasteiger partial charge in [-0.25, -0.2) is 0 Å². The average Bonchev–Trinajstić information content (AvgIpc) is 2.79. The number of nitrogens with one attached hydrogen (secondary N) is 1. The first-order valence-electron chi connectivity index (χ1n) is 6.84. The van der Waals surface area contributed by atoms with E-state index in [4.69, 9.17) is 5.73 Å². The number of hydrogen-bond acceptors (Lipinski definition) is 3. The number of benzene rings is 1. The van der Waals surface area contributed by atoms with Gasteiger partial charge in [-0.15, -0.1) is 0 Å². The van der Waals surface area contributed by atoms with Crippen LogP contribution in [0.25, 0.3) is 0 Å². The summed E-state index contributed by atoms with van der Waals surface area (Å²) in [5, 5.41) is 3.01. The summed E-state index contributed by atoms with van der Waals surface area (Å²) in [6, 6.07) is 7.90. The minimum Gasteiger partial charge on any atom is -0.324 e. The molecule has 1 saturated carbocycles. The van der Waals surface area contributed by atoms with Gasteiger partial charge in [-0.2, -0.15) is 0 Å². The third kappa shape index (κ3) is 3.33. The van der Waals surface area contributed by atoms with Crippen molar-refractivity contribution in [2.45, 2.75) is 37.8 Å². The topological polar surface area (TPSA) is 58.4 Å². The summed E-state index contributed by atoms with van der Waals surface area (Å²) in [5.74, 6) is -0.0452. The highest BCUT2D eigenvalue weighted by molar-refractivity contribution is 5.98. The van der Waals surface area contributed by atoms with Gasteiger partial charge in [-0.05, 0) is 38.6 Å². The average molecular weight is 261 g/mol. The van der Waals surface area contributed by atoms with Crippen molar-refractivity contribution in [1.29, 1.82) is 0 Å². The van der Waals surface area contributed by atoms with E-state index in [0.29, 0.717) is 0 Å². The maximum atomic E-state index is 12.3. The monoisotopic (exact) mass is 261 g/mol. The number of rotatable bonds is 4. The normalized spacial score (nSPS) is 17.7. The molecule has 4 heteroatoms. The van der Waals surface area contributed by atoms with E-state index < -0.39 is 5.54 Å². The third-order valence-corrected chi connectivity index (χ3v) is 3.70. The maximum Gasteiger partial charge on any atom is 0.244 e. The maximum absolute atomic E-state index is 12.3. The summed E-state index contributed by atoms with van der Waals surface area (Å²) in [7, 11) is 4.03. The fraction of sp³-hybridized carbons (Fsp3) is 0.533. The fourth-order valence-electron chi connectivity index (χ4n) is 2.60. The quantitative estimate of drug-likeness (QED) is 0.871. The minimum atomic E-state index is -0.675. The smallest absolute Gasteiger partial charge is 0.244 e. The first-order valence-corrected chi connectivity index (χ1v) is 6.84. The number of nitrogens with two attached hydrogens (primary N) is 1. The van der Waals surface area contributed by atoms with Crippen LogP contribution in [0.15, 0.2) is 24.3 Å². The highest BCUT2D eigenvalue weighted by Gasteiger charge is 2.37. The number of hydrogen-bond donors (Lipinski definition) is 2. The molecule has 1 aliphatic carbocycles. The molecular formula is C15H23N3O. The van der Waals surface area contributed by atoms with E-state index in [9.17, 15) is 4.79 Å². The second kappa shape index (κ2) is 5.72. The van der Waals surface area contributed by atoms with Crippen molar-refractivity contribution in [3.63, 3.8) is 0 Å². The van der Waals surface area contributed by atoms with Crippen molar-refractivity contribution in [3.05, 3.63) is 29.8 Å². The zero-order chi connectivity index (χ0) is 13.9. The lowest BCUT2D eigenvalue weighted by molar-refractivity contribution is -0.121. The Bertz CT molecular complexity index is 450. The summed E-state index contributed by atoms with van der Waals surface area (Å²) in [4.78, 5) is 14.4. The minimum absolute atomic E-state index is 0.0452. The molecule has 0 heterocycles. The highest BCUT2D eigenvalue weighted by Crippen LogP contribution is 2.29. The molecule has 104 valence electrons. The van der Waals surface area contributed by atoms with E-state index in [2.05, 4.69) is 10.2 Å². The molecule has 19 heavy (non-hydrogen) atoms. The number of para-hydroxylation sites is 1. The number of nitrogens with zero attached hydrogens (tertiary/aromatic N) is 1. The lowest BCUT2D eigenvalue weighted by atomic mass is 9.97. The zero-order valence-electron chi connectivity index (χ0n) is 11.8. The van der Waals surface area contributed by atoms with Gasteiger partial charge in [0.2, 0.25) is 5.91 Å². The summed E-state index contributed by atoms with van der Waals surface area (Å²) in [6.45, 7) is 0.800. The van der Waals surface area contributed by atoms with E-state index in [1.165, 1.54) is 0 Å². The van der Waals surface area contributed by atoms with Crippen molar-refractivity contribution < 1.29 is 4.79 Å². The molecule has 0 spiro atoms. The number of anilines is 1. The summed E-state index contributed by atoms with van der Waals surface area (Å²) in [5.41, 5.74) is 7.49. The third-order valence-electron chi connectivity index (χ3n) is 3.70. The van der Waals surface area contributed by atoms with Crippen LogP contribution < -0.4 is 11.1 Å². The Morgan fingerprint density at radius 3 is 2.58 bits per heavy atom. The number of carbonyl (C=O) groups excluding carboxylic acids is 1. The van der Waals surface area contributed by atoms with E-state index >= 15 is 0 Å². The molecule has 1 aliphatic rings. The van der Waals surface area contributed by atoms with Gasteiger partial charge >= 0.3 is 0 Å². The molecular weight excluding hydrogens is 238 g/mol. The summed E-state index contributed by atoms with van der Waals surface area (Å²) in [6.07, 6.45) is 3.66. The molecule has 0 saturated heterocycles. The Morgan fingerprint density at radius 2 is 1.95 bits per heavy atom. The molecule has 0 unspecified atom stereocenters. The largest absolute Gasteiger partial charge is 0.324 e. The standard InChI is InChI=1S/C15H23N3O/c1-18(2)11-12-7-3-4-8-13(12)17-14(19)15(16)9-5-6-10-15/h3-4,7-8H,5-6,9-11,16H2,1-2H3,(H,17,19). The second-order valence-corrected chi connectivity index (χ2v) is 5.71. The predicted molar refractivity (Wildman–Crippen MR) is 77.8 cm³/mol. The SMILES string of the molecule is CN(C)Cc1ccccc1NC(=O)C1(N)CCCC1. The lowest BCUT2D eigenvalue weighted by Gasteiger charge is -2.23. The molecule has 0 atom stereocenters. The molecule has 1 fully saturated rings.